The number of carbonyl (C=O) groups excluding carboxylic acids is 2. The van der Waals surface area contributed by atoms with E-state index in [1.165, 1.54) is 6.07 Å². The molecule has 158 valence electrons. The summed E-state index contributed by atoms with van der Waals surface area (Å²) in [6, 6.07) is 10.2. The summed E-state index contributed by atoms with van der Waals surface area (Å²) in [6.45, 7) is 3.03. The van der Waals surface area contributed by atoms with E-state index in [0.29, 0.717) is 43.1 Å². The molecule has 1 aliphatic heterocycles. The van der Waals surface area contributed by atoms with E-state index in [0.717, 1.165) is 18.6 Å². The Morgan fingerprint density at radius 2 is 1.73 bits per heavy atom. The third kappa shape index (κ3) is 4.61. The van der Waals surface area contributed by atoms with E-state index < -0.39 is 11.6 Å². The second kappa shape index (κ2) is 8.42. The van der Waals surface area contributed by atoms with Gasteiger partial charge in [0.05, 0.1) is 0 Å². The van der Waals surface area contributed by atoms with Crippen LogP contribution in [0.5, 0.6) is 5.75 Å². The minimum Gasteiger partial charge on any atom is -0.487 e. The number of ether oxygens (including phenoxy) is 1. The fraction of sp³-hybridized carbons (Fsp3) is 0.391. The SMILES string of the molecule is CC1CC1C(=O)Nc1ccc(C(=O)N2CCC(Oc3ccc(F)cc3F)CC2)cc1. The molecule has 2 atom stereocenters. The van der Waals surface area contributed by atoms with Gasteiger partial charge in [-0.25, -0.2) is 8.78 Å². The minimum atomic E-state index is -0.725. The van der Waals surface area contributed by atoms with E-state index in [1.54, 1.807) is 29.2 Å². The Hall–Kier alpha value is -2.96. The molecule has 0 bridgehead atoms. The molecule has 0 radical (unpaired) electrons. The Morgan fingerprint density at radius 3 is 2.33 bits per heavy atom. The van der Waals surface area contributed by atoms with Gasteiger partial charge in [-0.2, -0.15) is 0 Å². The van der Waals surface area contributed by atoms with Gasteiger partial charge in [-0.05, 0) is 48.7 Å². The first-order valence-corrected chi connectivity index (χ1v) is 10.2. The molecule has 7 heteroatoms. The number of likely N-dealkylation sites (tertiary alicyclic amines) is 1. The summed E-state index contributed by atoms with van der Waals surface area (Å²) in [4.78, 5) is 26.5. The van der Waals surface area contributed by atoms with Crippen LogP contribution in [0.25, 0.3) is 0 Å². The molecule has 1 heterocycles. The van der Waals surface area contributed by atoms with Crippen molar-refractivity contribution < 1.29 is 23.1 Å². The van der Waals surface area contributed by atoms with Crippen LogP contribution in [0.3, 0.4) is 0 Å². The normalized spacial score (nSPS) is 21.2. The standard InChI is InChI=1S/C23H24F2N2O3/c1-14-12-19(14)22(28)26-17-5-2-15(3-6-17)23(29)27-10-8-18(9-11-27)30-21-7-4-16(24)13-20(21)25/h2-7,13-14,18-19H,8-12H2,1H3,(H,26,28). The first-order valence-electron chi connectivity index (χ1n) is 10.2. The summed E-state index contributed by atoms with van der Waals surface area (Å²) < 4.78 is 32.4. The van der Waals surface area contributed by atoms with Crippen molar-refractivity contribution in [1.82, 2.24) is 4.90 Å². The van der Waals surface area contributed by atoms with E-state index in [2.05, 4.69) is 12.2 Å². The molecule has 30 heavy (non-hydrogen) atoms. The van der Waals surface area contributed by atoms with Crippen LogP contribution >= 0.6 is 0 Å². The van der Waals surface area contributed by atoms with Crippen molar-refractivity contribution >= 4 is 17.5 Å². The van der Waals surface area contributed by atoms with Crippen molar-refractivity contribution in [2.75, 3.05) is 18.4 Å². The summed E-state index contributed by atoms with van der Waals surface area (Å²) >= 11 is 0. The number of hydrogen-bond donors (Lipinski definition) is 1. The molecule has 2 fully saturated rings. The largest absolute Gasteiger partial charge is 0.487 e. The fourth-order valence-electron chi connectivity index (χ4n) is 3.73. The van der Waals surface area contributed by atoms with Crippen LogP contribution < -0.4 is 10.1 Å². The van der Waals surface area contributed by atoms with E-state index in [1.807, 2.05) is 0 Å². The second-order valence-corrected chi connectivity index (χ2v) is 8.07. The van der Waals surface area contributed by atoms with Gasteiger partial charge in [-0.15, -0.1) is 0 Å². The van der Waals surface area contributed by atoms with Crippen LogP contribution in [0.4, 0.5) is 14.5 Å². The van der Waals surface area contributed by atoms with Gasteiger partial charge in [-0.3, -0.25) is 9.59 Å². The maximum atomic E-state index is 13.8. The van der Waals surface area contributed by atoms with Crippen molar-refractivity contribution in [3.05, 3.63) is 59.7 Å². The molecule has 2 aromatic rings. The predicted octanol–water partition coefficient (Wildman–Crippen LogP) is 4.24. The number of hydrogen-bond acceptors (Lipinski definition) is 3. The Balaban J connectivity index is 1.29. The molecule has 2 aromatic carbocycles. The lowest BCUT2D eigenvalue weighted by Crippen LogP contribution is -2.41. The predicted molar refractivity (Wildman–Crippen MR) is 108 cm³/mol. The number of amides is 2. The number of nitrogens with one attached hydrogen (secondary N) is 1. The highest BCUT2D eigenvalue weighted by molar-refractivity contribution is 5.97. The van der Waals surface area contributed by atoms with Gasteiger partial charge in [-0.1, -0.05) is 6.92 Å². The number of rotatable bonds is 5. The average molecular weight is 414 g/mol. The van der Waals surface area contributed by atoms with Crippen LogP contribution in [0.2, 0.25) is 0 Å². The molecule has 1 saturated carbocycles. The Labute approximate surface area is 174 Å². The van der Waals surface area contributed by atoms with Gasteiger partial charge in [0.25, 0.3) is 5.91 Å². The van der Waals surface area contributed by atoms with Crippen LogP contribution in [-0.2, 0) is 4.79 Å². The van der Waals surface area contributed by atoms with Crippen LogP contribution in [0.1, 0.15) is 36.5 Å². The first kappa shape index (κ1) is 20.3. The summed E-state index contributed by atoms with van der Waals surface area (Å²) in [5.41, 5.74) is 1.24. The number of anilines is 1. The zero-order valence-corrected chi connectivity index (χ0v) is 16.7. The highest BCUT2D eigenvalue weighted by Crippen LogP contribution is 2.38. The Bertz CT molecular complexity index is 940. The van der Waals surface area contributed by atoms with Crippen LogP contribution in [-0.4, -0.2) is 35.9 Å². The third-order valence-electron chi connectivity index (χ3n) is 5.76. The van der Waals surface area contributed by atoms with Crippen molar-refractivity contribution in [3.8, 4) is 5.75 Å². The molecule has 1 N–H and O–H groups in total. The summed E-state index contributed by atoms with van der Waals surface area (Å²) in [7, 11) is 0. The minimum absolute atomic E-state index is 0.0272. The van der Waals surface area contributed by atoms with Crippen molar-refractivity contribution in [3.63, 3.8) is 0 Å². The molecule has 2 amide bonds. The zero-order valence-electron chi connectivity index (χ0n) is 16.7. The van der Waals surface area contributed by atoms with Crippen molar-refractivity contribution in [2.45, 2.75) is 32.3 Å². The number of nitrogens with zero attached hydrogens (tertiary/aromatic N) is 1. The quantitative estimate of drug-likeness (QED) is 0.796. The fourth-order valence-corrected chi connectivity index (χ4v) is 3.73. The molecule has 2 unspecified atom stereocenters. The van der Waals surface area contributed by atoms with E-state index in [4.69, 9.17) is 4.74 Å². The topological polar surface area (TPSA) is 58.6 Å². The lowest BCUT2D eigenvalue weighted by Gasteiger charge is -2.32. The average Bonchev–Trinajstić information content (AvgIpc) is 3.47. The molecule has 0 spiro atoms. The smallest absolute Gasteiger partial charge is 0.253 e. The lowest BCUT2D eigenvalue weighted by atomic mass is 10.1. The number of benzene rings is 2. The summed E-state index contributed by atoms with van der Waals surface area (Å²) in [5.74, 6) is -0.865. The lowest BCUT2D eigenvalue weighted by molar-refractivity contribution is -0.117. The monoisotopic (exact) mass is 414 g/mol. The van der Waals surface area contributed by atoms with Crippen LogP contribution in [0.15, 0.2) is 42.5 Å². The molecule has 4 rings (SSSR count). The van der Waals surface area contributed by atoms with Gasteiger partial charge < -0.3 is 15.0 Å². The summed E-state index contributed by atoms with van der Waals surface area (Å²) in [6.07, 6.45) is 1.83. The number of halogens is 2. The first-order chi connectivity index (χ1) is 14.4. The maximum absolute atomic E-state index is 13.8. The van der Waals surface area contributed by atoms with E-state index >= 15 is 0 Å². The summed E-state index contributed by atoms with van der Waals surface area (Å²) in [5, 5.41) is 2.88. The van der Waals surface area contributed by atoms with Crippen molar-refractivity contribution in [2.24, 2.45) is 11.8 Å². The highest BCUT2D eigenvalue weighted by atomic mass is 19.1. The molecule has 0 aromatic heterocycles. The van der Waals surface area contributed by atoms with Gasteiger partial charge in [0, 0.05) is 49.2 Å². The van der Waals surface area contributed by atoms with E-state index in [9.17, 15) is 18.4 Å². The van der Waals surface area contributed by atoms with Gasteiger partial charge in [0.15, 0.2) is 11.6 Å². The molecule has 2 aliphatic rings. The molecular weight excluding hydrogens is 390 g/mol. The Morgan fingerprint density at radius 1 is 1.07 bits per heavy atom. The number of piperidine rings is 1. The van der Waals surface area contributed by atoms with E-state index in [-0.39, 0.29) is 29.6 Å². The molecule has 1 aliphatic carbocycles. The molecule has 1 saturated heterocycles. The van der Waals surface area contributed by atoms with Gasteiger partial charge in [0.1, 0.15) is 11.9 Å². The maximum Gasteiger partial charge on any atom is 0.253 e. The van der Waals surface area contributed by atoms with Gasteiger partial charge >= 0.3 is 0 Å². The third-order valence-corrected chi connectivity index (χ3v) is 5.76. The number of carbonyl (C=O) groups is 2. The highest BCUT2D eigenvalue weighted by Gasteiger charge is 2.39. The van der Waals surface area contributed by atoms with Gasteiger partial charge in [0.2, 0.25) is 5.91 Å². The van der Waals surface area contributed by atoms with Crippen molar-refractivity contribution in [1.29, 1.82) is 0 Å². The van der Waals surface area contributed by atoms with Crippen LogP contribution in [0, 0.1) is 23.5 Å². The zero-order chi connectivity index (χ0) is 21.3. The Kier molecular flexibility index (Phi) is 5.70. The molecular formula is C23H24F2N2O3. The second-order valence-electron chi connectivity index (χ2n) is 8.07. The molecule has 5 nitrogen and oxygen atoms in total.